The zero-order chi connectivity index (χ0) is 19.6. The molecule has 8 nitrogen and oxygen atoms in total. The fraction of sp³-hybridized carbons (Fsp3) is 0.368. The van der Waals surface area contributed by atoms with Gasteiger partial charge in [-0.05, 0) is 39.3 Å². The third-order valence-corrected chi connectivity index (χ3v) is 4.45. The molecule has 0 fully saturated rings. The monoisotopic (exact) mass is 371 g/mol. The number of hydrogen-bond acceptors (Lipinski definition) is 6. The van der Waals surface area contributed by atoms with Crippen molar-refractivity contribution in [1.82, 2.24) is 5.16 Å². The van der Waals surface area contributed by atoms with Gasteiger partial charge in [-0.3, -0.25) is 19.3 Å². The van der Waals surface area contributed by atoms with E-state index in [4.69, 9.17) is 9.26 Å². The van der Waals surface area contributed by atoms with Gasteiger partial charge in [0.15, 0.2) is 6.10 Å². The summed E-state index contributed by atoms with van der Waals surface area (Å²) in [4.78, 5) is 38.1. The Bertz CT molecular complexity index is 870. The molecule has 3 rings (SSSR count). The van der Waals surface area contributed by atoms with Gasteiger partial charge in [0.2, 0.25) is 5.91 Å². The highest BCUT2D eigenvalue weighted by Gasteiger charge is 2.31. The van der Waals surface area contributed by atoms with E-state index in [0.29, 0.717) is 23.6 Å². The van der Waals surface area contributed by atoms with Gasteiger partial charge >= 0.3 is 5.97 Å². The van der Waals surface area contributed by atoms with E-state index >= 15 is 0 Å². The first-order valence-electron chi connectivity index (χ1n) is 8.68. The van der Waals surface area contributed by atoms with Crippen molar-refractivity contribution in [2.24, 2.45) is 0 Å². The Morgan fingerprint density at radius 3 is 2.78 bits per heavy atom. The van der Waals surface area contributed by atoms with Gasteiger partial charge in [0, 0.05) is 12.0 Å². The zero-order valence-electron chi connectivity index (χ0n) is 15.4. The molecule has 0 saturated heterocycles. The van der Waals surface area contributed by atoms with Crippen molar-refractivity contribution in [2.75, 3.05) is 16.8 Å². The van der Waals surface area contributed by atoms with Crippen LogP contribution in [0.5, 0.6) is 0 Å². The molecule has 1 atom stereocenters. The molecule has 2 aromatic rings. The summed E-state index contributed by atoms with van der Waals surface area (Å²) in [6, 6.07) is 6.99. The average Bonchev–Trinajstić information content (AvgIpc) is 2.96. The number of carbonyl (C=O) groups excluding carboxylic acids is 3. The maximum absolute atomic E-state index is 12.7. The van der Waals surface area contributed by atoms with Gasteiger partial charge in [-0.2, -0.15) is 0 Å². The quantitative estimate of drug-likeness (QED) is 0.808. The molecule has 0 radical (unpaired) electrons. The smallest absolute Gasteiger partial charge is 0.306 e. The second-order valence-electron chi connectivity index (χ2n) is 6.42. The maximum Gasteiger partial charge on any atom is 0.306 e. The number of fused-ring (bicyclic) bond motifs is 1. The van der Waals surface area contributed by atoms with E-state index in [2.05, 4.69) is 10.5 Å². The summed E-state index contributed by atoms with van der Waals surface area (Å²) in [5, 5.41) is 6.56. The predicted molar refractivity (Wildman–Crippen MR) is 97.3 cm³/mol. The molecule has 1 aliphatic rings. The first-order valence-corrected chi connectivity index (χ1v) is 8.68. The lowest BCUT2D eigenvalue weighted by Gasteiger charge is -2.30. The molecular formula is C19H21N3O5. The van der Waals surface area contributed by atoms with Gasteiger partial charge in [-0.1, -0.05) is 17.3 Å². The molecule has 0 aliphatic carbocycles. The summed E-state index contributed by atoms with van der Waals surface area (Å²) in [5.41, 5.74) is 2.74. The summed E-state index contributed by atoms with van der Waals surface area (Å²) in [5.74, 6) is -0.562. The number of nitrogens with one attached hydrogen (secondary N) is 1. The lowest BCUT2D eigenvalue weighted by Crippen LogP contribution is -2.47. The number of amides is 2. The van der Waals surface area contributed by atoms with Crippen LogP contribution in [0.4, 0.5) is 11.4 Å². The summed E-state index contributed by atoms with van der Waals surface area (Å²) < 4.78 is 10.3. The fourth-order valence-electron chi connectivity index (χ4n) is 3.04. The first kappa shape index (κ1) is 18.6. The highest BCUT2D eigenvalue weighted by atomic mass is 16.5. The van der Waals surface area contributed by atoms with E-state index in [1.165, 1.54) is 11.8 Å². The van der Waals surface area contributed by atoms with Crippen molar-refractivity contribution in [3.63, 3.8) is 0 Å². The highest BCUT2D eigenvalue weighted by Crippen LogP contribution is 2.29. The van der Waals surface area contributed by atoms with Crippen molar-refractivity contribution < 1.29 is 23.6 Å². The molecule has 27 heavy (non-hydrogen) atoms. The molecule has 2 amide bonds. The number of rotatable bonds is 5. The fourth-order valence-corrected chi connectivity index (χ4v) is 3.04. The number of para-hydroxylation sites is 2. The molecule has 0 spiro atoms. The Kier molecular flexibility index (Phi) is 5.25. The van der Waals surface area contributed by atoms with Gasteiger partial charge in [-0.25, -0.2) is 0 Å². The van der Waals surface area contributed by atoms with Crippen LogP contribution in [0.15, 0.2) is 28.8 Å². The van der Waals surface area contributed by atoms with Crippen LogP contribution >= 0.6 is 0 Å². The number of ether oxygens (including phenoxy) is 1. The topological polar surface area (TPSA) is 102 Å². The summed E-state index contributed by atoms with van der Waals surface area (Å²) in [6.45, 7) is 4.98. The van der Waals surface area contributed by atoms with Crippen LogP contribution in [0.1, 0.15) is 30.4 Å². The normalized spacial score (nSPS) is 14.3. The molecule has 0 unspecified atom stereocenters. The van der Waals surface area contributed by atoms with Gasteiger partial charge in [0.25, 0.3) is 5.91 Å². The number of aryl methyl sites for hydroxylation is 2. The second-order valence-corrected chi connectivity index (χ2v) is 6.42. The highest BCUT2D eigenvalue weighted by molar-refractivity contribution is 6.11. The number of carbonyl (C=O) groups is 3. The van der Waals surface area contributed by atoms with Crippen LogP contribution in [-0.4, -0.2) is 35.6 Å². The number of nitrogens with zero attached hydrogens (tertiary/aromatic N) is 2. The predicted octanol–water partition coefficient (Wildman–Crippen LogP) is 2.14. The largest absolute Gasteiger partial charge is 0.453 e. The van der Waals surface area contributed by atoms with Crippen molar-refractivity contribution in [2.45, 2.75) is 39.7 Å². The molecular weight excluding hydrogens is 350 g/mol. The lowest BCUT2D eigenvalue weighted by molar-refractivity contribution is -0.153. The van der Waals surface area contributed by atoms with Crippen LogP contribution in [0.25, 0.3) is 0 Å². The molecule has 1 aromatic heterocycles. The van der Waals surface area contributed by atoms with Crippen LogP contribution < -0.4 is 10.2 Å². The molecule has 8 heteroatoms. The van der Waals surface area contributed by atoms with E-state index in [-0.39, 0.29) is 18.9 Å². The summed E-state index contributed by atoms with van der Waals surface area (Å²) in [7, 11) is 0. The second kappa shape index (κ2) is 7.61. The van der Waals surface area contributed by atoms with Crippen molar-refractivity contribution in [1.29, 1.82) is 0 Å². The Balaban J connectivity index is 1.62. The average molecular weight is 371 g/mol. The van der Waals surface area contributed by atoms with Crippen LogP contribution in [-0.2, 0) is 25.5 Å². The van der Waals surface area contributed by atoms with Crippen molar-refractivity contribution in [3.05, 3.63) is 41.3 Å². The maximum atomic E-state index is 12.7. The van der Waals surface area contributed by atoms with Crippen LogP contribution in [0, 0.1) is 13.8 Å². The zero-order valence-corrected chi connectivity index (χ0v) is 15.4. The Labute approximate surface area is 156 Å². The van der Waals surface area contributed by atoms with E-state index in [0.717, 1.165) is 11.3 Å². The van der Waals surface area contributed by atoms with E-state index in [1.807, 2.05) is 6.92 Å². The Morgan fingerprint density at radius 2 is 2.07 bits per heavy atom. The Morgan fingerprint density at radius 1 is 1.33 bits per heavy atom. The third-order valence-electron chi connectivity index (χ3n) is 4.45. The SMILES string of the molecule is Cc1noc(C)c1CCC(=O)O[C@@H](C)C(=O)N1CC(=O)Nc2ccccc21. The minimum Gasteiger partial charge on any atom is -0.453 e. The van der Waals surface area contributed by atoms with Crippen LogP contribution in [0.3, 0.4) is 0 Å². The lowest BCUT2D eigenvalue weighted by atomic mass is 10.1. The minimum atomic E-state index is -0.999. The molecule has 1 aliphatic heterocycles. The summed E-state index contributed by atoms with van der Waals surface area (Å²) >= 11 is 0. The standard InChI is InChI=1S/C19H21N3O5/c1-11-14(12(2)27-21-11)8-9-18(24)26-13(3)19(25)22-10-17(23)20-15-6-4-5-7-16(15)22/h4-7,13H,8-10H2,1-3H3,(H,20,23)/t13-/m0/s1. The van der Waals surface area contributed by atoms with Gasteiger partial charge in [0.1, 0.15) is 12.3 Å². The molecule has 1 N–H and O–H groups in total. The Hall–Kier alpha value is -3.16. The molecule has 1 aromatic carbocycles. The van der Waals surface area contributed by atoms with Gasteiger partial charge < -0.3 is 14.6 Å². The molecule has 2 heterocycles. The van der Waals surface area contributed by atoms with Crippen LogP contribution in [0.2, 0.25) is 0 Å². The number of anilines is 2. The minimum absolute atomic E-state index is 0.109. The third kappa shape index (κ3) is 3.99. The molecule has 0 bridgehead atoms. The van der Waals surface area contributed by atoms with E-state index in [9.17, 15) is 14.4 Å². The van der Waals surface area contributed by atoms with E-state index in [1.54, 1.807) is 31.2 Å². The van der Waals surface area contributed by atoms with Gasteiger partial charge in [0.05, 0.1) is 17.1 Å². The van der Waals surface area contributed by atoms with E-state index < -0.39 is 18.0 Å². The van der Waals surface area contributed by atoms with Gasteiger partial charge in [-0.15, -0.1) is 0 Å². The number of esters is 1. The number of benzene rings is 1. The van der Waals surface area contributed by atoms with Crippen molar-refractivity contribution >= 4 is 29.2 Å². The molecule has 0 saturated carbocycles. The number of hydrogen-bond donors (Lipinski definition) is 1. The first-order chi connectivity index (χ1) is 12.9. The van der Waals surface area contributed by atoms with Crippen molar-refractivity contribution in [3.8, 4) is 0 Å². The number of aromatic nitrogens is 1. The summed E-state index contributed by atoms with van der Waals surface area (Å²) in [6.07, 6.45) is -0.464. The molecule has 142 valence electrons.